The molecule has 1 fully saturated rings. The maximum absolute atomic E-state index is 12.2. The molecular weight excluding hydrogens is 300 g/mol. The van der Waals surface area contributed by atoms with Gasteiger partial charge in [-0.2, -0.15) is 0 Å². The van der Waals surface area contributed by atoms with Crippen LogP contribution in [0.15, 0.2) is 17.7 Å². The first-order valence-electron chi connectivity index (χ1n) is 7.25. The van der Waals surface area contributed by atoms with Crippen LogP contribution in [-0.4, -0.2) is 19.5 Å². The zero-order chi connectivity index (χ0) is 16.1. The number of hydrogen-bond donors (Lipinski definition) is 0. The molecule has 2 rings (SSSR count). The fourth-order valence-electron chi connectivity index (χ4n) is 2.59. The van der Waals surface area contributed by atoms with Crippen LogP contribution in [0.5, 0.6) is 11.5 Å². The Bertz CT molecular complexity index is 640. The predicted octanol–water partition coefficient (Wildman–Crippen LogP) is 4.13. The number of allylic oxidation sites excluding steroid dienone is 1. The van der Waals surface area contributed by atoms with Gasteiger partial charge in [-0.1, -0.05) is 24.4 Å². The summed E-state index contributed by atoms with van der Waals surface area (Å²) in [6, 6.07) is 3.56. The van der Waals surface area contributed by atoms with Crippen LogP contribution in [0.3, 0.4) is 0 Å². The molecule has 0 unspecified atom stereocenters. The minimum absolute atomic E-state index is 0.0932. The Hall–Kier alpha value is -1.92. The van der Waals surface area contributed by atoms with E-state index in [1.54, 1.807) is 19.2 Å². The Morgan fingerprint density at radius 3 is 2.95 bits per heavy atom. The van der Waals surface area contributed by atoms with Crippen molar-refractivity contribution in [3.8, 4) is 23.8 Å². The Kier molecular flexibility index (Phi) is 5.51. The topological polar surface area (TPSA) is 35.5 Å². The van der Waals surface area contributed by atoms with Gasteiger partial charge < -0.3 is 9.47 Å². The van der Waals surface area contributed by atoms with Crippen molar-refractivity contribution in [1.29, 1.82) is 0 Å². The number of terminal acetylenes is 1. The first-order valence-corrected chi connectivity index (χ1v) is 7.63. The summed E-state index contributed by atoms with van der Waals surface area (Å²) in [4.78, 5) is 12.2. The highest BCUT2D eigenvalue weighted by molar-refractivity contribution is 6.32. The van der Waals surface area contributed by atoms with Crippen molar-refractivity contribution < 1.29 is 14.3 Å². The van der Waals surface area contributed by atoms with E-state index >= 15 is 0 Å². The van der Waals surface area contributed by atoms with Crippen LogP contribution in [0.1, 0.15) is 31.7 Å². The van der Waals surface area contributed by atoms with Crippen molar-refractivity contribution in [1.82, 2.24) is 0 Å². The molecular formula is C18H19ClO3. The molecule has 0 N–H and O–H groups in total. The number of carbonyl (C=O) groups excluding carboxylic acids is 1. The third kappa shape index (κ3) is 3.64. The van der Waals surface area contributed by atoms with Crippen LogP contribution in [0.25, 0.3) is 6.08 Å². The number of rotatable bonds is 4. The normalized spacial score (nSPS) is 19.8. The maximum atomic E-state index is 12.2. The summed E-state index contributed by atoms with van der Waals surface area (Å²) in [5, 5.41) is 0.415. The first kappa shape index (κ1) is 16.5. The Balaban J connectivity index is 2.35. The minimum atomic E-state index is 0.0932. The number of halogens is 1. The molecule has 1 aromatic rings. The van der Waals surface area contributed by atoms with Crippen molar-refractivity contribution >= 4 is 23.5 Å². The monoisotopic (exact) mass is 318 g/mol. The van der Waals surface area contributed by atoms with E-state index in [4.69, 9.17) is 27.5 Å². The van der Waals surface area contributed by atoms with E-state index in [0.717, 1.165) is 30.4 Å². The number of carbonyl (C=O) groups is 1. The van der Waals surface area contributed by atoms with Crippen LogP contribution < -0.4 is 9.47 Å². The molecule has 0 radical (unpaired) electrons. The fraction of sp³-hybridized carbons (Fsp3) is 0.389. The lowest BCUT2D eigenvalue weighted by Gasteiger charge is -2.19. The molecule has 0 bridgehead atoms. The van der Waals surface area contributed by atoms with Gasteiger partial charge >= 0.3 is 0 Å². The lowest BCUT2D eigenvalue weighted by atomic mass is 9.84. The number of Topliss-reactive ketones (excluding diaryl/α,β-unsaturated/α-hetero) is 1. The van der Waals surface area contributed by atoms with Crippen molar-refractivity contribution in [2.75, 3.05) is 13.7 Å². The summed E-state index contributed by atoms with van der Waals surface area (Å²) in [6.45, 7) is 2.09. The third-order valence-electron chi connectivity index (χ3n) is 3.74. The van der Waals surface area contributed by atoms with Gasteiger partial charge in [-0.3, -0.25) is 4.79 Å². The average molecular weight is 319 g/mol. The number of ether oxygens (including phenoxy) is 2. The molecule has 0 amide bonds. The molecule has 0 aliphatic heterocycles. The van der Waals surface area contributed by atoms with Crippen LogP contribution in [0.2, 0.25) is 5.02 Å². The summed E-state index contributed by atoms with van der Waals surface area (Å²) in [6.07, 6.45) is 9.88. The van der Waals surface area contributed by atoms with Gasteiger partial charge in [0.25, 0.3) is 0 Å². The van der Waals surface area contributed by atoms with Crippen molar-refractivity contribution in [2.45, 2.75) is 26.2 Å². The van der Waals surface area contributed by atoms with Gasteiger partial charge in [0.05, 0.1) is 12.1 Å². The largest absolute Gasteiger partial charge is 0.493 e. The van der Waals surface area contributed by atoms with E-state index in [9.17, 15) is 4.79 Å². The fourth-order valence-corrected chi connectivity index (χ4v) is 2.86. The molecule has 1 aliphatic rings. The maximum Gasteiger partial charge on any atom is 0.181 e. The lowest BCUT2D eigenvalue weighted by Crippen LogP contribution is -2.18. The number of ketones is 1. The molecule has 1 aromatic carbocycles. The van der Waals surface area contributed by atoms with E-state index in [1.165, 1.54) is 0 Å². The summed E-state index contributed by atoms with van der Waals surface area (Å²) >= 11 is 6.24. The predicted molar refractivity (Wildman–Crippen MR) is 88.3 cm³/mol. The van der Waals surface area contributed by atoms with Gasteiger partial charge in [0, 0.05) is 5.92 Å². The number of methoxy groups -OCH3 is 1. The second-order valence-electron chi connectivity index (χ2n) is 5.35. The molecule has 1 aliphatic carbocycles. The van der Waals surface area contributed by atoms with Crippen LogP contribution >= 0.6 is 11.6 Å². The van der Waals surface area contributed by atoms with E-state index in [2.05, 4.69) is 5.92 Å². The quantitative estimate of drug-likeness (QED) is 0.618. The van der Waals surface area contributed by atoms with Crippen molar-refractivity contribution in [2.24, 2.45) is 5.92 Å². The Labute approximate surface area is 136 Å². The summed E-state index contributed by atoms with van der Waals surface area (Å²) < 4.78 is 10.7. The molecule has 1 saturated carbocycles. The number of hydrogen-bond acceptors (Lipinski definition) is 3. The van der Waals surface area contributed by atoms with Crippen LogP contribution in [0.4, 0.5) is 0 Å². The van der Waals surface area contributed by atoms with Crippen molar-refractivity contribution in [3.05, 3.63) is 28.3 Å². The van der Waals surface area contributed by atoms with Gasteiger partial charge in [-0.25, -0.2) is 0 Å². The molecule has 4 heteroatoms. The summed E-state index contributed by atoms with van der Waals surface area (Å²) in [7, 11) is 1.54. The summed E-state index contributed by atoms with van der Waals surface area (Å²) in [5.74, 6) is 3.63. The third-order valence-corrected chi connectivity index (χ3v) is 4.02. The average Bonchev–Trinajstić information content (AvgIpc) is 2.50. The molecule has 0 heterocycles. The molecule has 22 heavy (non-hydrogen) atoms. The molecule has 0 aromatic heterocycles. The van der Waals surface area contributed by atoms with Crippen LogP contribution in [-0.2, 0) is 4.79 Å². The highest BCUT2D eigenvalue weighted by atomic mass is 35.5. The highest BCUT2D eigenvalue weighted by Gasteiger charge is 2.22. The zero-order valence-electron chi connectivity index (χ0n) is 12.8. The Morgan fingerprint density at radius 1 is 1.50 bits per heavy atom. The molecule has 3 nitrogen and oxygen atoms in total. The lowest BCUT2D eigenvalue weighted by molar-refractivity contribution is -0.119. The van der Waals surface area contributed by atoms with Gasteiger partial charge in [0.1, 0.15) is 6.61 Å². The standard InChI is InChI=1S/C18H19ClO3/c1-4-8-22-18-15(19)10-13(11-16(18)21-3)9-14-7-5-6-12(2)17(14)20/h1,9-12H,5-8H2,2-3H3/b14-9+/t12-/m1/s1. The van der Waals surface area contributed by atoms with E-state index in [-0.39, 0.29) is 18.3 Å². The smallest absolute Gasteiger partial charge is 0.181 e. The van der Waals surface area contributed by atoms with Gasteiger partial charge in [0.2, 0.25) is 0 Å². The molecule has 1 atom stereocenters. The molecule has 0 spiro atoms. The van der Waals surface area contributed by atoms with E-state index in [1.807, 2.05) is 13.0 Å². The number of benzene rings is 1. The zero-order valence-corrected chi connectivity index (χ0v) is 13.6. The van der Waals surface area contributed by atoms with Gasteiger partial charge in [-0.15, -0.1) is 6.42 Å². The second kappa shape index (κ2) is 7.38. The van der Waals surface area contributed by atoms with E-state index < -0.39 is 0 Å². The summed E-state index contributed by atoms with van der Waals surface area (Å²) in [5.41, 5.74) is 1.67. The van der Waals surface area contributed by atoms with Crippen molar-refractivity contribution in [3.63, 3.8) is 0 Å². The van der Waals surface area contributed by atoms with Gasteiger partial charge in [-0.05, 0) is 48.6 Å². The first-order chi connectivity index (χ1) is 10.6. The molecule has 0 saturated heterocycles. The highest BCUT2D eigenvalue weighted by Crippen LogP contribution is 2.37. The van der Waals surface area contributed by atoms with Crippen LogP contribution in [0, 0.1) is 18.3 Å². The SMILES string of the molecule is C#CCOc1c(Cl)cc(/C=C2\CCC[C@@H](C)C2=O)cc1OC. The van der Waals surface area contributed by atoms with Gasteiger partial charge in [0.15, 0.2) is 17.3 Å². The second-order valence-corrected chi connectivity index (χ2v) is 5.76. The Morgan fingerprint density at radius 2 is 2.27 bits per heavy atom. The van der Waals surface area contributed by atoms with E-state index in [0.29, 0.717) is 16.5 Å². The molecule has 116 valence electrons. The minimum Gasteiger partial charge on any atom is -0.493 e.